The third-order valence-electron chi connectivity index (χ3n) is 6.16. The molecule has 1 aromatic heterocycles. The van der Waals surface area contributed by atoms with E-state index in [9.17, 15) is 22.4 Å². The van der Waals surface area contributed by atoms with Gasteiger partial charge in [0, 0.05) is 44.0 Å². The number of anilines is 1. The molecule has 0 unspecified atom stereocenters. The molecule has 196 valence electrons. The van der Waals surface area contributed by atoms with Crippen LogP contribution in [0.4, 0.5) is 14.9 Å². The maximum Gasteiger partial charge on any atom is 0.410 e. The molecule has 1 aromatic carbocycles. The van der Waals surface area contributed by atoms with Gasteiger partial charge in [-0.2, -0.15) is 0 Å². The Bertz CT molecular complexity index is 1300. The Morgan fingerprint density at radius 2 is 2.00 bits per heavy atom. The van der Waals surface area contributed by atoms with Crippen molar-refractivity contribution in [1.82, 2.24) is 14.2 Å². The van der Waals surface area contributed by atoms with Gasteiger partial charge in [0.1, 0.15) is 16.3 Å². The smallest absolute Gasteiger partial charge is 0.410 e. The molecule has 36 heavy (non-hydrogen) atoms. The highest BCUT2D eigenvalue weighted by Crippen LogP contribution is 2.35. The molecule has 0 spiro atoms. The molecular formula is C24H31FN4O6S. The summed E-state index contributed by atoms with van der Waals surface area (Å²) in [5.41, 5.74) is 0.0737. The lowest BCUT2D eigenvalue weighted by molar-refractivity contribution is 0.0105. The van der Waals surface area contributed by atoms with Gasteiger partial charge in [0.25, 0.3) is 5.91 Å². The lowest BCUT2D eigenvalue weighted by atomic mass is 9.94. The highest BCUT2D eigenvalue weighted by Gasteiger charge is 2.40. The fourth-order valence-electron chi connectivity index (χ4n) is 4.38. The molecule has 2 amide bonds. The Hall–Kier alpha value is -3.12. The normalized spacial score (nSPS) is 21.3. The second-order valence-electron chi connectivity index (χ2n) is 10.2. The largest absolute Gasteiger partial charge is 0.489 e. The minimum Gasteiger partial charge on any atom is -0.489 e. The average Bonchev–Trinajstić information content (AvgIpc) is 3.10. The summed E-state index contributed by atoms with van der Waals surface area (Å²) in [7, 11) is -2.47. The molecule has 1 fully saturated rings. The molecule has 1 saturated heterocycles. The van der Waals surface area contributed by atoms with E-state index >= 15 is 0 Å². The van der Waals surface area contributed by atoms with Gasteiger partial charge in [-0.15, -0.1) is 0 Å². The number of ether oxygens (including phenoxy) is 2. The summed E-state index contributed by atoms with van der Waals surface area (Å²) in [5, 5.41) is 2.68. The zero-order chi connectivity index (χ0) is 26.4. The predicted octanol–water partition coefficient (Wildman–Crippen LogP) is 3.02. The second kappa shape index (κ2) is 9.40. The van der Waals surface area contributed by atoms with Crippen LogP contribution >= 0.6 is 0 Å². The summed E-state index contributed by atoms with van der Waals surface area (Å²) in [6, 6.07) is 3.70. The van der Waals surface area contributed by atoms with Gasteiger partial charge in [-0.25, -0.2) is 22.3 Å². The number of aryl methyl sites for hydroxylation is 2. The number of fused-ring (bicyclic) bond motifs is 2. The number of sulfonamides is 1. The van der Waals surface area contributed by atoms with E-state index in [-0.39, 0.29) is 35.4 Å². The van der Waals surface area contributed by atoms with Crippen LogP contribution in [0.15, 0.2) is 29.3 Å². The lowest BCUT2D eigenvalue weighted by Crippen LogP contribution is -2.55. The van der Waals surface area contributed by atoms with Gasteiger partial charge in [0.2, 0.25) is 10.0 Å². The van der Waals surface area contributed by atoms with Crippen LogP contribution in [0.5, 0.6) is 5.75 Å². The summed E-state index contributed by atoms with van der Waals surface area (Å²) < 4.78 is 55.7. The van der Waals surface area contributed by atoms with Crippen LogP contribution < -0.4 is 14.8 Å². The Kier molecular flexibility index (Phi) is 6.78. The van der Waals surface area contributed by atoms with E-state index in [4.69, 9.17) is 9.47 Å². The summed E-state index contributed by atoms with van der Waals surface area (Å²) in [4.78, 5) is 27.1. The number of carbonyl (C=O) groups excluding carboxylic acids is 2. The van der Waals surface area contributed by atoms with Crippen molar-refractivity contribution in [1.29, 1.82) is 0 Å². The summed E-state index contributed by atoms with van der Waals surface area (Å²) >= 11 is 0. The Balaban J connectivity index is 1.60. The molecule has 2 aromatic rings. The first-order valence-corrected chi connectivity index (χ1v) is 13.1. The number of nitrogens with one attached hydrogen (secondary N) is 2. The topological polar surface area (TPSA) is 119 Å². The number of hydrogen-bond donors (Lipinski definition) is 2. The van der Waals surface area contributed by atoms with Crippen molar-refractivity contribution in [3.05, 3.63) is 41.5 Å². The van der Waals surface area contributed by atoms with Crippen LogP contribution in [0.1, 0.15) is 43.2 Å². The number of piperidine rings is 1. The van der Waals surface area contributed by atoms with Crippen molar-refractivity contribution in [3.63, 3.8) is 0 Å². The molecule has 3 heterocycles. The van der Waals surface area contributed by atoms with Crippen molar-refractivity contribution in [2.45, 2.75) is 50.7 Å². The fourth-order valence-corrected chi connectivity index (χ4v) is 5.92. The molecule has 10 nitrogen and oxygen atoms in total. The number of benzene rings is 1. The average molecular weight is 523 g/mol. The highest BCUT2D eigenvalue weighted by molar-refractivity contribution is 7.89. The number of halogens is 1. The van der Waals surface area contributed by atoms with E-state index in [0.717, 1.165) is 0 Å². The third-order valence-corrected chi connectivity index (χ3v) is 7.64. The van der Waals surface area contributed by atoms with Crippen molar-refractivity contribution in [2.75, 3.05) is 25.0 Å². The first kappa shape index (κ1) is 26.0. The van der Waals surface area contributed by atoms with E-state index in [0.29, 0.717) is 24.2 Å². The molecule has 0 bridgehead atoms. The number of carbonyl (C=O) groups is 2. The molecule has 12 heteroatoms. The van der Waals surface area contributed by atoms with Crippen LogP contribution in [-0.2, 0) is 21.8 Å². The van der Waals surface area contributed by atoms with Gasteiger partial charge in [0.05, 0.1) is 6.61 Å². The summed E-state index contributed by atoms with van der Waals surface area (Å²) in [6.45, 7) is 7.57. The van der Waals surface area contributed by atoms with Gasteiger partial charge in [-0.05, 0) is 57.9 Å². The molecule has 4 rings (SSSR count). The number of nitrogens with zero attached hydrogens (tertiary/aromatic N) is 2. The number of likely N-dealkylation sites (tertiary alicyclic amines) is 1. The summed E-state index contributed by atoms with van der Waals surface area (Å²) in [6.07, 6.45) is 1.26. The van der Waals surface area contributed by atoms with Gasteiger partial charge < -0.3 is 24.3 Å². The molecular weight excluding hydrogens is 491 g/mol. The maximum atomic E-state index is 13.6. The van der Waals surface area contributed by atoms with Crippen molar-refractivity contribution < 1.29 is 31.9 Å². The van der Waals surface area contributed by atoms with Gasteiger partial charge in [-0.1, -0.05) is 0 Å². The molecule has 0 saturated carbocycles. The van der Waals surface area contributed by atoms with E-state index in [2.05, 4.69) is 10.0 Å². The molecule has 0 aliphatic carbocycles. The number of rotatable bonds is 2. The quantitative estimate of drug-likeness (QED) is 0.626. The lowest BCUT2D eigenvalue weighted by Gasteiger charge is -2.39. The van der Waals surface area contributed by atoms with E-state index in [1.165, 1.54) is 29.0 Å². The molecule has 2 atom stereocenters. The zero-order valence-corrected chi connectivity index (χ0v) is 21.7. The molecule has 2 aliphatic heterocycles. The Labute approximate surface area is 209 Å². The standard InChI is InChI=1S/C24H31FN4O6S/c1-14-10-16(6-7-17(14)25)26-22(30)20-21-19(12-28(20)5)36(32,33)27-18-8-9-29(11-15(18)13-34-21)23(31)35-24(2,3)4/h6-7,10,12,15,18,27H,8-9,11,13H2,1-5H3,(H,26,30)/t15-,18-/m1/s1. The highest BCUT2D eigenvalue weighted by atomic mass is 32.2. The number of hydrogen-bond acceptors (Lipinski definition) is 6. The number of aromatic nitrogens is 1. The van der Waals surface area contributed by atoms with Crippen LogP contribution in [0.2, 0.25) is 0 Å². The monoisotopic (exact) mass is 522 g/mol. The van der Waals surface area contributed by atoms with E-state index in [1.54, 1.807) is 39.6 Å². The third kappa shape index (κ3) is 5.34. The van der Waals surface area contributed by atoms with Gasteiger partial charge in [-0.3, -0.25) is 4.79 Å². The SMILES string of the molecule is Cc1cc(NC(=O)c2c3c(cn2C)S(=O)(=O)N[C@@H]2CCN(C(=O)OC(C)(C)C)C[C@@H]2CO3)ccc1F. The molecule has 2 N–H and O–H groups in total. The maximum absolute atomic E-state index is 13.6. The van der Waals surface area contributed by atoms with Crippen LogP contribution in [0, 0.1) is 18.7 Å². The van der Waals surface area contributed by atoms with Crippen molar-refractivity contribution in [2.24, 2.45) is 13.0 Å². The van der Waals surface area contributed by atoms with Crippen molar-refractivity contribution in [3.8, 4) is 5.75 Å². The second-order valence-corrected chi connectivity index (χ2v) is 11.9. The first-order chi connectivity index (χ1) is 16.7. The van der Waals surface area contributed by atoms with Crippen LogP contribution in [0.25, 0.3) is 0 Å². The minimum absolute atomic E-state index is 0.00982. The van der Waals surface area contributed by atoms with Gasteiger partial charge in [0.15, 0.2) is 11.4 Å². The minimum atomic E-state index is -4.02. The van der Waals surface area contributed by atoms with Crippen LogP contribution in [0.3, 0.4) is 0 Å². The van der Waals surface area contributed by atoms with Crippen LogP contribution in [-0.4, -0.2) is 61.2 Å². The number of amides is 2. The Morgan fingerprint density at radius 3 is 2.67 bits per heavy atom. The molecule has 2 aliphatic rings. The molecule has 0 radical (unpaired) electrons. The van der Waals surface area contributed by atoms with Gasteiger partial charge >= 0.3 is 6.09 Å². The predicted molar refractivity (Wildman–Crippen MR) is 130 cm³/mol. The van der Waals surface area contributed by atoms with Crippen molar-refractivity contribution >= 4 is 27.7 Å². The summed E-state index contributed by atoms with van der Waals surface area (Å²) in [5.74, 6) is -1.43. The van der Waals surface area contributed by atoms with E-state index < -0.39 is 39.5 Å². The zero-order valence-electron chi connectivity index (χ0n) is 20.9. The fraction of sp³-hybridized carbons (Fsp3) is 0.500. The first-order valence-electron chi connectivity index (χ1n) is 11.6. The van der Waals surface area contributed by atoms with E-state index in [1.807, 2.05) is 0 Å². The Morgan fingerprint density at radius 1 is 1.28 bits per heavy atom.